The van der Waals surface area contributed by atoms with E-state index in [1.807, 2.05) is 0 Å². The molecule has 14 heavy (non-hydrogen) atoms. The van der Waals surface area contributed by atoms with Gasteiger partial charge < -0.3 is 5.73 Å². The van der Waals surface area contributed by atoms with Gasteiger partial charge in [0.05, 0.1) is 0 Å². The lowest BCUT2D eigenvalue weighted by atomic mass is 10.0. The summed E-state index contributed by atoms with van der Waals surface area (Å²) < 4.78 is 1.22. The number of halogens is 1. The Bertz CT molecular complexity index is 307. The summed E-state index contributed by atoms with van der Waals surface area (Å²) in [5.41, 5.74) is 9.62. The Labute approximate surface area is 94.8 Å². The third kappa shape index (κ3) is 3.10. The Hall–Kier alpha value is -0.340. The number of aryl methyl sites for hydroxylation is 2. The fourth-order valence-electron chi connectivity index (χ4n) is 1.61. The Morgan fingerprint density at radius 1 is 1.21 bits per heavy atom. The van der Waals surface area contributed by atoms with E-state index in [2.05, 4.69) is 41.9 Å². The second kappa shape index (κ2) is 5.52. The number of hydrogen-bond donors (Lipinski definition) is 1. The van der Waals surface area contributed by atoms with Crippen LogP contribution in [0.4, 0.5) is 0 Å². The molecule has 1 nitrogen and oxygen atoms in total. The van der Waals surface area contributed by atoms with Crippen molar-refractivity contribution in [3.8, 4) is 0 Å². The molecule has 2 heteroatoms. The number of nitrogens with two attached hydrogens (primary N) is 1. The van der Waals surface area contributed by atoms with Crippen LogP contribution in [0.15, 0.2) is 16.6 Å². The molecular formula is C12H18BrN. The highest BCUT2D eigenvalue weighted by atomic mass is 79.9. The molecule has 0 bridgehead atoms. The molecule has 0 fully saturated rings. The molecule has 0 saturated heterocycles. The SMILES string of the molecule is Cc1cc(Br)c(C)c(CCCCN)c1. The van der Waals surface area contributed by atoms with Crippen molar-refractivity contribution in [2.75, 3.05) is 6.54 Å². The molecule has 78 valence electrons. The van der Waals surface area contributed by atoms with Gasteiger partial charge in [0.1, 0.15) is 0 Å². The predicted molar refractivity (Wildman–Crippen MR) is 65.6 cm³/mol. The van der Waals surface area contributed by atoms with Crippen LogP contribution in [0.25, 0.3) is 0 Å². The van der Waals surface area contributed by atoms with Gasteiger partial charge in [-0.1, -0.05) is 22.0 Å². The number of rotatable bonds is 4. The minimum atomic E-state index is 0.798. The molecule has 0 aliphatic carbocycles. The van der Waals surface area contributed by atoms with E-state index in [0.29, 0.717) is 0 Å². The summed E-state index contributed by atoms with van der Waals surface area (Å²) in [6, 6.07) is 4.44. The van der Waals surface area contributed by atoms with Gasteiger partial charge in [-0.2, -0.15) is 0 Å². The lowest BCUT2D eigenvalue weighted by molar-refractivity contribution is 0.741. The molecule has 1 aromatic rings. The van der Waals surface area contributed by atoms with Gasteiger partial charge in [-0.05, 0) is 62.4 Å². The highest BCUT2D eigenvalue weighted by Crippen LogP contribution is 2.23. The van der Waals surface area contributed by atoms with E-state index >= 15 is 0 Å². The first kappa shape index (κ1) is 11.7. The third-order valence-corrected chi connectivity index (χ3v) is 3.32. The Kier molecular flexibility index (Phi) is 4.63. The largest absolute Gasteiger partial charge is 0.330 e. The highest BCUT2D eigenvalue weighted by molar-refractivity contribution is 9.10. The zero-order valence-corrected chi connectivity index (χ0v) is 10.5. The van der Waals surface area contributed by atoms with Gasteiger partial charge in [0.2, 0.25) is 0 Å². The Morgan fingerprint density at radius 3 is 2.57 bits per heavy atom. The third-order valence-electron chi connectivity index (χ3n) is 2.50. The maximum Gasteiger partial charge on any atom is 0.0209 e. The van der Waals surface area contributed by atoms with Crippen LogP contribution in [0, 0.1) is 13.8 Å². The van der Waals surface area contributed by atoms with Crippen LogP contribution in [0.5, 0.6) is 0 Å². The van der Waals surface area contributed by atoms with Gasteiger partial charge >= 0.3 is 0 Å². The van der Waals surface area contributed by atoms with Crippen LogP contribution in [0.2, 0.25) is 0 Å². The fourth-order valence-corrected chi connectivity index (χ4v) is 2.22. The Balaban J connectivity index is 2.75. The van der Waals surface area contributed by atoms with Gasteiger partial charge in [-0.25, -0.2) is 0 Å². The zero-order chi connectivity index (χ0) is 10.6. The second-order valence-corrected chi connectivity index (χ2v) is 4.63. The predicted octanol–water partition coefficient (Wildman–Crippen LogP) is 3.35. The molecule has 0 saturated carbocycles. The molecule has 0 heterocycles. The Morgan fingerprint density at radius 2 is 1.93 bits per heavy atom. The van der Waals surface area contributed by atoms with Gasteiger partial charge in [0.15, 0.2) is 0 Å². The average molecular weight is 256 g/mol. The van der Waals surface area contributed by atoms with Gasteiger partial charge in [0.25, 0.3) is 0 Å². The molecule has 0 atom stereocenters. The molecule has 1 aromatic carbocycles. The number of hydrogen-bond acceptors (Lipinski definition) is 1. The fraction of sp³-hybridized carbons (Fsp3) is 0.500. The quantitative estimate of drug-likeness (QED) is 0.821. The van der Waals surface area contributed by atoms with E-state index < -0.39 is 0 Å². The highest BCUT2D eigenvalue weighted by Gasteiger charge is 2.03. The van der Waals surface area contributed by atoms with Crippen LogP contribution in [-0.4, -0.2) is 6.54 Å². The van der Waals surface area contributed by atoms with Crippen molar-refractivity contribution in [1.29, 1.82) is 0 Å². The molecule has 0 aliphatic rings. The standard InChI is InChI=1S/C12H18BrN/c1-9-7-11(5-3-4-6-14)10(2)12(13)8-9/h7-8H,3-6,14H2,1-2H3. The maximum atomic E-state index is 5.48. The van der Waals surface area contributed by atoms with E-state index in [9.17, 15) is 0 Å². The summed E-state index contributed by atoms with van der Waals surface area (Å²) in [4.78, 5) is 0. The van der Waals surface area contributed by atoms with E-state index in [1.165, 1.54) is 27.6 Å². The van der Waals surface area contributed by atoms with Crippen molar-refractivity contribution in [2.45, 2.75) is 33.1 Å². The molecule has 0 aromatic heterocycles. The smallest absolute Gasteiger partial charge is 0.0209 e. The van der Waals surface area contributed by atoms with E-state index in [4.69, 9.17) is 5.73 Å². The van der Waals surface area contributed by atoms with Crippen LogP contribution in [0.3, 0.4) is 0 Å². The summed E-state index contributed by atoms with van der Waals surface area (Å²) in [5.74, 6) is 0. The summed E-state index contributed by atoms with van der Waals surface area (Å²) in [6.07, 6.45) is 3.45. The first-order valence-electron chi connectivity index (χ1n) is 5.11. The molecule has 2 N–H and O–H groups in total. The van der Waals surface area contributed by atoms with Crippen molar-refractivity contribution < 1.29 is 0 Å². The molecule has 0 radical (unpaired) electrons. The summed E-state index contributed by atoms with van der Waals surface area (Å²) in [6.45, 7) is 5.10. The van der Waals surface area contributed by atoms with Gasteiger partial charge in [-0.3, -0.25) is 0 Å². The number of benzene rings is 1. The van der Waals surface area contributed by atoms with Crippen LogP contribution in [0.1, 0.15) is 29.5 Å². The molecule has 0 spiro atoms. The molecule has 1 rings (SSSR count). The van der Waals surface area contributed by atoms with Crippen LogP contribution >= 0.6 is 15.9 Å². The number of unbranched alkanes of at least 4 members (excludes halogenated alkanes) is 1. The lowest BCUT2D eigenvalue weighted by Crippen LogP contribution is -2.00. The van der Waals surface area contributed by atoms with Gasteiger partial charge in [0, 0.05) is 4.47 Å². The zero-order valence-electron chi connectivity index (χ0n) is 8.94. The monoisotopic (exact) mass is 255 g/mol. The minimum Gasteiger partial charge on any atom is -0.330 e. The summed E-state index contributed by atoms with van der Waals surface area (Å²) in [7, 11) is 0. The van der Waals surface area contributed by atoms with E-state index in [0.717, 1.165) is 19.4 Å². The normalized spacial score (nSPS) is 10.6. The summed E-state index contributed by atoms with van der Waals surface area (Å²) >= 11 is 3.58. The first-order valence-corrected chi connectivity index (χ1v) is 5.90. The minimum absolute atomic E-state index is 0.798. The first-order chi connectivity index (χ1) is 6.65. The van der Waals surface area contributed by atoms with Crippen molar-refractivity contribution in [2.24, 2.45) is 5.73 Å². The van der Waals surface area contributed by atoms with Crippen molar-refractivity contribution >= 4 is 15.9 Å². The molecular weight excluding hydrogens is 238 g/mol. The topological polar surface area (TPSA) is 26.0 Å². The molecule has 0 unspecified atom stereocenters. The van der Waals surface area contributed by atoms with Crippen molar-refractivity contribution in [3.63, 3.8) is 0 Å². The molecule has 0 aliphatic heterocycles. The van der Waals surface area contributed by atoms with Crippen molar-refractivity contribution in [1.82, 2.24) is 0 Å². The lowest BCUT2D eigenvalue weighted by Gasteiger charge is -2.09. The van der Waals surface area contributed by atoms with Crippen molar-refractivity contribution in [3.05, 3.63) is 33.3 Å². The van der Waals surface area contributed by atoms with Crippen LogP contribution in [-0.2, 0) is 6.42 Å². The van der Waals surface area contributed by atoms with E-state index in [-0.39, 0.29) is 0 Å². The average Bonchev–Trinajstić information content (AvgIpc) is 2.13. The maximum absolute atomic E-state index is 5.48. The van der Waals surface area contributed by atoms with Crippen LogP contribution < -0.4 is 5.73 Å². The summed E-state index contributed by atoms with van der Waals surface area (Å²) in [5, 5.41) is 0. The molecule has 0 amide bonds. The van der Waals surface area contributed by atoms with Gasteiger partial charge in [-0.15, -0.1) is 0 Å². The van der Waals surface area contributed by atoms with E-state index in [1.54, 1.807) is 0 Å². The second-order valence-electron chi connectivity index (χ2n) is 3.78.